The molecule has 0 aromatic rings. The summed E-state index contributed by atoms with van der Waals surface area (Å²) >= 11 is 0. The molecule has 1 N–H and O–H groups in total. The third kappa shape index (κ3) is 3.98. The normalized spacial score (nSPS) is 29.7. The monoisotopic (exact) mass is 239 g/mol. The van der Waals surface area contributed by atoms with Crippen LogP contribution in [0, 0.1) is 11.8 Å². The number of ether oxygens (including phenoxy) is 1. The fraction of sp³-hybridized carbons (Fsp3) is 0.929. The maximum Gasteiger partial charge on any atom is 0.310 e. The van der Waals surface area contributed by atoms with E-state index in [-0.39, 0.29) is 11.9 Å². The van der Waals surface area contributed by atoms with Gasteiger partial charge in [-0.05, 0) is 31.7 Å². The van der Waals surface area contributed by atoms with Crippen molar-refractivity contribution in [1.29, 1.82) is 0 Å². The molecule has 3 nitrogen and oxygen atoms in total. The van der Waals surface area contributed by atoms with Crippen LogP contribution in [0.15, 0.2) is 0 Å². The van der Waals surface area contributed by atoms with Crippen molar-refractivity contribution in [3.05, 3.63) is 0 Å². The Bertz CT molecular complexity index is 251. The minimum absolute atomic E-state index is 0.0178. The van der Waals surface area contributed by atoms with Gasteiger partial charge in [-0.25, -0.2) is 0 Å². The molecule has 98 valence electrons. The van der Waals surface area contributed by atoms with Gasteiger partial charge in [0.2, 0.25) is 0 Å². The molecule has 0 aliphatic heterocycles. The molecule has 2 aliphatic carbocycles. The Morgan fingerprint density at radius 1 is 1.18 bits per heavy atom. The summed E-state index contributed by atoms with van der Waals surface area (Å²) in [5.74, 6) is 1.03. The minimum Gasteiger partial charge on any atom is -0.469 e. The highest BCUT2D eigenvalue weighted by Crippen LogP contribution is 2.32. The van der Waals surface area contributed by atoms with Gasteiger partial charge in [0.25, 0.3) is 0 Å². The second-order valence-electron chi connectivity index (χ2n) is 5.56. The molecule has 0 radical (unpaired) electrons. The van der Waals surface area contributed by atoms with Crippen LogP contribution in [-0.2, 0) is 9.53 Å². The van der Waals surface area contributed by atoms with Gasteiger partial charge in [-0.2, -0.15) is 0 Å². The van der Waals surface area contributed by atoms with E-state index in [1.165, 1.54) is 45.6 Å². The van der Waals surface area contributed by atoms with Gasteiger partial charge in [-0.3, -0.25) is 4.79 Å². The molecule has 0 aromatic carbocycles. The van der Waals surface area contributed by atoms with Crippen LogP contribution in [0.25, 0.3) is 0 Å². The smallest absolute Gasteiger partial charge is 0.310 e. The molecule has 0 saturated heterocycles. The first-order valence-corrected chi connectivity index (χ1v) is 7.12. The summed E-state index contributed by atoms with van der Waals surface area (Å²) in [5.41, 5.74) is 0. The van der Waals surface area contributed by atoms with Crippen molar-refractivity contribution in [2.45, 2.75) is 57.4 Å². The minimum atomic E-state index is -0.0178. The largest absolute Gasteiger partial charge is 0.469 e. The number of carbonyl (C=O) groups excluding carboxylic acids is 1. The summed E-state index contributed by atoms with van der Waals surface area (Å²) in [4.78, 5) is 11.8. The van der Waals surface area contributed by atoms with Crippen LogP contribution in [0.2, 0.25) is 0 Å². The van der Waals surface area contributed by atoms with Crippen molar-refractivity contribution in [1.82, 2.24) is 5.32 Å². The Hall–Kier alpha value is -0.570. The second-order valence-corrected chi connectivity index (χ2v) is 5.56. The van der Waals surface area contributed by atoms with Gasteiger partial charge in [0.05, 0.1) is 13.0 Å². The Labute approximate surface area is 104 Å². The molecule has 0 amide bonds. The molecule has 17 heavy (non-hydrogen) atoms. The van der Waals surface area contributed by atoms with Crippen LogP contribution < -0.4 is 5.32 Å². The second kappa shape index (κ2) is 6.39. The van der Waals surface area contributed by atoms with E-state index < -0.39 is 0 Å². The molecule has 2 rings (SSSR count). The van der Waals surface area contributed by atoms with Crippen LogP contribution in [0.4, 0.5) is 0 Å². The zero-order chi connectivity index (χ0) is 12.1. The molecule has 0 unspecified atom stereocenters. The molecular weight excluding hydrogens is 214 g/mol. The average Bonchev–Trinajstić information content (AvgIpc) is 3.15. The van der Waals surface area contributed by atoms with E-state index in [0.717, 1.165) is 25.3 Å². The van der Waals surface area contributed by atoms with Crippen molar-refractivity contribution >= 4 is 5.97 Å². The van der Waals surface area contributed by atoms with E-state index in [0.29, 0.717) is 6.04 Å². The molecule has 2 saturated carbocycles. The first-order valence-electron chi connectivity index (χ1n) is 7.12. The summed E-state index contributed by atoms with van der Waals surface area (Å²) in [6, 6.07) is 0.351. The van der Waals surface area contributed by atoms with Gasteiger partial charge >= 0.3 is 5.97 Å². The van der Waals surface area contributed by atoms with Gasteiger partial charge in [0, 0.05) is 6.04 Å². The molecule has 2 aliphatic rings. The molecule has 0 spiro atoms. The standard InChI is InChI=1S/C14H25NO2/c1-17-14(16)12-5-3-2-4-6-13(12)15-10-9-11-7-8-11/h11-13,15H,2-10H2,1H3/t12-,13+/m1/s1. The van der Waals surface area contributed by atoms with Crippen molar-refractivity contribution < 1.29 is 9.53 Å². The number of carbonyl (C=O) groups is 1. The molecule has 0 heterocycles. The summed E-state index contributed by atoms with van der Waals surface area (Å²) in [7, 11) is 1.51. The highest BCUT2D eigenvalue weighted by Gasteiger charge is 2.30. The summed E-state index contributed by atoms with van der Waals surface area (Å²) in [5, 5.41) is 3.60. The Morgan fingerprint density at radius 3 is 2.65 bits per heavy atom. The molecular formula is C14H25NO2. The molecule has 2 atom stereocenters. The lowest BCUT2D eigenvalue weighted by molar-refractivity contribution is -0.146. The molecule has 3 heteroatoms. The van der Waals surface area contributed by atoms with E-state index in [1.54, 1.807) is 0 Å². The third-order valence-electron chi connectivity index (χ3n) is 4.18. The zero-order valence-corrected chi connectivity index (χ0v) is 10.9. The Kier molecular flexibility index (Phi) is 4.84. The van der Waals surface area contributed by atoms with Gasteiger partial charge < -0.3 is 10.1 Å². The van der Waals surface area contributed by atoms with Crippen LogP contribution in [-0.4, -0.2) is 25.7 Å². The lowest BCUT2D eigenvalue weighted by atomic mass is 9.94. The summed E-state index contributed by atoms with van der Waals surface area (Å²) < 4.78 is 4.94. The average molecular weight is 239 g/mol. The van der Waals surface area contributed by atoms with E-state index >= 15 is 0 Å². The number of nitrogens with one attached hydrogen (secondary N) is 1. The van der Waals surface area contributed by atoms with Crippen LogP contribution in [0.1, 0.15) is 51.4 Å². The maximum absolute atomic E-state index is 11.8. The lowest BCUT2D eigenvalue weighted by Crippen LogP contribution is -2.40. The third-order valence-corrected chi connectivity index (χ3v) is 4.18. The topological polar surface area (TPSA) is 38.3 Å². The highest BCUT2D eigenvalue weighted by molar-refractivity contribution is 5.73. The van der Waals surface area contributed by atoms with E-state index in [4.69, 9.17) is 4.74 Å². The SMILES string of the molecule is COC(=O)[C@@H]1CCCCC[C@@H]1NCCC1CC1. The van der Waals surface area contributed by atoms with Crippen LogP contribution in [0.5, 0.6) is 0 Å². The predicted molar refractivity (Wildman–Crippen MR) is 67.7 cm³/mol. The first-order chi connectivity index (χ1) is 8.31. The van der Waals surface area contributed by atoms with Crippen molar-refractivity contribution in [2.75, 3.05) is 13.7 Å². The molecule has 0 bridgehead atoms. The van der Waals surface area contributed by atoms with E-state index in [9.17, 15) is 4.79 Å². The Morgan fingerprint density at radius 2 is 1.94 bits per heavy atom. The van der Waals surface area contributed by atoms with Crippen LogP contribution >= 0.6 is 0 Å². The first kappa shape index (κ1) is 12.9. The van der Waals surface area contributed by atoms with Gasteiger partial charge in [-0.15, -0.1) is 0 Å². The molecule has 2 fully saturated rings. The van der Waals surface area contributed by atoms with Crippen molar-refractivity contribution in [3.8, 4) is 0 Å². The molecule has 0 aromatic heterocycles. The number of esters is 1. The highest BCUT2D eigenvalue weighted by atomic mass is 16.5. The fourth-order valence-corrected chi connectivity index (χ4v) is 2.86. The van der Waals surface area contributed by atoms with Gasteiger partial charge in [0.1, 0.15) is 0 Å². The number of methoxy groups -OCH3 is 1. The van der Waals surface area contributed by atoms with Crippen molar-refractivity contribution in [2.24, 2.45) is 11.8 Å². The van der Waals surface area contributed by atoms with E-state index in [2.05, 4.69) is 5.32 Å². The Balaban J connectivity index is 1.81. The zero-order valence-electron chi connectivity index (χ0n) is 10.9. The quantitative estimate of drug-likeness (QED) is 0.592. The lowest BCUT2D eigenvalue weighted by Gasteiger charge is -2.24. The van der Waals surface area contributed by atoms with Crippen molar-refractivity contribution in [3.63, 3.8) is 0 Å². The summed E-state index contributed by atoms with van der Waals surface area (Å²) in [6.45, 7) is 1.07. The summed E-state index contributed by atoms with van der Waals surface area (Å²) in [6.07, 6.45) is 9.89. The number of hydrogen-bond donors (Lipinski definition) is 1. The number of hydrogen-bond acceptors (Lipinski definition) is 3. The maximum atomic E-state index is 11.8. The van der Waals surface area contributed by atoms with Gasteiger partial charge in [0.15, 0.2) is 0 Å². The van der Waals surface area contributed by atoms with E-state index in [1.807, 2.05) is 0 Å². The predicted octanol–water partition coefficient (Wildman–Crippen LogP) is 2.50. The van der Waals surface area contributed by atoms with Crippen LogP contribution in [0.3, 0.4) is 0 Å². The number of rotatable bonds is 5. The van der Waals surface area contributed by atoms with Gasteiger partial charge in [-0.1, -0.05) is 32.1 Å². The fourth-order valence-electron chi connectivity index (χ4n) is 2.86.